The number of carbonyl (C=O) groups excluding carboxylic acids is 1. The summed E-state index contributed by atoms with van der Waals surface area (Å²) in [5.74, 6) is 1.57. The monoisotopic (exact) mass is 409 g/mol. The number of halogens is 1. The van der Waals surface area contributed by atoms with Crippen molar-refractivity contribution in [3.05, 3.63) is 64.1 Å². The van der Waals surface area contributed by atoms with Crippen molar-refractivity contribution >= 4 is 23.2 Å². The van der Waals surface area contributed by atoms with Crippen molar-refractivity contribution in [3.8, 4) is 5.75 Å². The Balaban J connectivity index is 1.32. The molecule has 0 radical (unpaired) electrons. The lowest BCUT2D eigenvalue weighted by molar-refractivity contribution is 0.0944. The molecule has 1 saturated carbocycles. The first kappa shape index (κ1) is 18.5. The molecule has 3 heterocycles. The molecular formula is C23H24ClN3O2. The van der Waals surface area contributed by atoms with Crippen molar-refractivity contribution in [2.45, 2.75) is 51.7 Å². The van der Waals surface area contributed by atoms with E-state index in [2.05, 4.69) is 16.4 Å². The average molecular weight is 410 g/mol. The summed E-state index contributed by atoms with van der Waals surface area (Å²) >= 11 is 6.13. The molecule has 1 unspecified atom stereocenters. The zero-order chi connectivity index (χ0) is 20.0. The maximum atomic E-state index is 13.0. The number of amides is 1. The molecule has 2 aliphatic rings. The van der Waals surface area contributed by atoms with E-state index in [9.17, 15) is 4.79 Å². The predicted molar refractivity (Wildman–Crippen MR) is 113 cm³/mol. The Hall–Kier alpha value is -2.53. The van der Waals surface area contributed by atoms with E-state index >= 15 is 0 Å². The summed E-state index contributed by atoms with van der Waals surface area (Å²) in [5.41, 5.74) is 4.40. The first-order valence-electron chi connectivity index (χ1n) is 10.4. The van der Waals surface area contributed by atoms with Crippen LogP contribution in [0, 0.1) is 5.92 Å². The quantitative estimate of drug-likeness (QED) is 0.670. The SMILES string of the molecule is CCc1nc2ccc(Cl)cn2c1C(=O)NCc1ccc2c(c1)CC(C1CCC1)O2. The fraction of sp³-hybridized carbons (Fsp3) is 0.391. The zero-order valence-corrected chi connectivity index (χ0v) is 17.2. The second-order valence-electron chi connectivity index (χ2n) is 8.01. The van der Waals surface area contributed by atoms with Crippen molar-refractivity contribution < 1.29 is 9.53 Å². The number of rotatable bonds is 5. The summed E-state index contributed by atoms with van der Waals surface area (Å²) in [5, 5.41) is 3.63. The third-order valence-corrected chi connectivity index (χ3v) is 6.38. The van der Waals surface area contributed by atoms with Crippen LogP contribution in [0.4, 0.5) is 0 Å². The number of nitrogens with zero attached hydrogens (tertiary/aromatic N) is 2. The average Bonchev–Trinajstić information content (AvgIpc) is 3.24. The van der Waals surface area contributed by atoms with Crippen LogP contribution < -0.4 is 10.1 Å². The molecule has 1 atom stereocenters. The third-order valence-electron chi connectivity index (χ3n) is 6.16. The molecule has 3 aromatic rings. The molecule has 6 heteroatoms. The number of benzene rings is 1. The second kappa shape index (κ2) is 7.38. The molecule has 1 aliphatic heterocycles. The van der Waals surface area contributed by atoms with Gasteiger partial charge in [-0.3, -0.25) is 9.20 Å². The van der Waals surface area contributed by atoms with Gasteiger partial charge in [0, 0.05) is 19.2 Å². The van der Waals surface area contributed by atoms with Gasteiger partial charge in [-0.2, -0.15) is 0 Å². The lowest BCUT2D eigenvalue weighted by Crippen LogP contribution is -2.30. The highest BCUT2D eigenvalue weighted by Crippen LogP contribution is 2.39. The van der Waals surface area contributed by atoms with Gasteiger partial charge in [0.1, 0.15) is 23.2 Å². The first-order valence-corrected chi connectivity index (χ1v) is 10.7. The number of hydrogen-bond acceptors (Lipinski definition) is 3. The van der Waals surface area contributed by atoms with Gasteiger partial charge >= 0.3 is 0 Å². The number of aryl methyl sites for hydroxylation is 1. The van der Waals surface area contributed by atoms with Crippen molar-refractivity contribution in [3.63, 3.8) is 0 Å². The van der Waals surface area contributed by atoms with Gasteiger partial charge in [0.05, 0.1) is 10.7 Å². The molecule has 150 valence electrons. The minimum Gasteiger partial charge on any atom is -0.490 e. The molecule has 1 aromatic carbocycles. The highest BCUT2D eigenvalue weighted by Gasteiger charge is 2.33. The topological polar surface area (TPSA) is 55.6 Å². The predicted octanol–water partition coefficient (Wildman–Crippen LogP) is 4.58. The van der Waals surface area contributed by atoms with Gasteiger partial charge in [-0.05, 0) is 54.5 Å². The van der Waals surface area contributed by atoms with Crippen molar-refractivity contribution in [1.82, 2.24) is 14.7 Å². The molecule has 1 aliphatic carbocycles. The van der Waals surface area contributed by atoms with E-state index in [0.717, 1.165) is 29.1 Å². The molecule has 0 bridgehead atoms. The van der Waals surface area contributed by atoms with Gasteiger partial charge in [0.15, 0.2) is 0 Å². The Kier molecular flexibility index (Phi) is 4.70. The Morgan fingerprint density at radius 2 is 2.17 bits per heavy atom. The van der Waals surface area contributed by atoms with Crippen LogP contribution in [-0.2, 0) is 19.4 Å². The number of pyridine rings is 1. The van der Waals surface area contributed by atoms with Gasteiger partial charge in [0.2, 0.25) is 0 Å². The highest BCUT2D eigenvalue weighted by molar-refractivity contribution is 6.30. The Labute approximate surface area is 175 Å². The van der Waals surface area contributed by atoms with Gasteiger partial charge in [0.25, 0.3) is 5.91 Å². The zero-order valence-electron chi connectivity index (χ0n) is 16.5. The van der Waals surface area contributed by atoms with Crippen LogP contribution in [0.1, 0.15) is 53.5 Å². The van der Waals surface area contributed by atoms with E-state index < -0.39 is 0 Å². The standard InChI is InChI=1S/C23H24ClN3O2/c1-2-18-22(27-13-17(24)7-9-21(27)26-18)23(28)25-12-14-6-8-19-16(10-14)11-20(29-19)15-4-3-5-15/h6-10,13,15,20H,2-5,11-12H2,1H3,(H,25,28). The molecule has 1 amide bonds. The number of fused-ring (bicyclic) bond motifs is 2. The lowest BCUT2D eigenvalue weighted by atomic mass is 9.80. The summed E-state index contributed by atoms with van der Waals surface area (Å²) in [4.78, 5) is 17.5. The molecule has 5 rings (SSSR count). The van der Waals surface area contributed by atoms with E-state index in [1.165, 1.54) is 24.8 Å². The maximum Gasteiger partial charge on any atom is 0.270 e. The maximum absolute atomic E-state index is 13.0. The van der Waals surface area contributed by atoms with Crippen LogP contribution in [-0.4, -0.2) is 21.4 Å². The van der Waals surface area contributed by atoms with Crippen LogP contribution in [0.25, 0.3) is 5.65 Å². The second-order valence-corrected chi connectivity index (χ2v) is 8.45. The number of aromatic nitrogens is 2. The molecule has 1 fully saturated rings. The van der Waals surface area contributed by atoms with Crippen molar-refractivity contribution in [2.75, 3.05) is 0 Å². The van der Waals surface area contributed by atoms with Gasteiger partial charge < -0.3 is 10.1 Å². The van der Waals surface area contributed by atoms with E-state index in [1.807, 2.05) is 25.1 Å². The van der Waals surface area contributed by atoms with Crippen LogP contribution in [0.15, 0.2) is 36.5 Å². The van der Waals surface area contributed by atoms with Crippen molar-refractivity contribution in [2.24, 2.45) is 5.92 Å². The van der Waals surface area contributed by atoms with E-state index in [1.54, 1.807) is 16.7 Å². The molecular weight excluding hydrogens is 386 g/mol. The molecule has 29 heavy (non-hydrogen) atoms. The molecule has 1 N–H and O–H groups in total. The van der Waals surface area contributed by atoms with E-state index in [4.69, 9.17) is 16.3 Å². The van der Waals surface area contributed by atoms with Crippen LogP contribution in [0.2, 0.25) is 5.02 Å². The summed E-state index contributed by atoms with van der Waals surface area (Å²) in [6.45, 7) is 2.47. The Bertz CT molecular complexity index is 1090. The summed E-state index contributed by atoms with van der Waals surface area (Å²) in [7, 11) is 0. The molecule has 0 saturated heterocycles. The lowest BCUT2D eigenvalue weighted by Gasteiger charge is -2.30. The molecule has 5 nitrogen and oxygen atoms in total. The number of ether oxygens (including phenoxy) is 1. The fourth-order valence-corrected chi connectivity index (χ4v) is 4.49. The van der Waals surface area contributed by atoms with Gasteiger partial charge in [-0.25, -0.2) is 4.98 Å². The smallest absolute Gasteiger partial charge is 0.270 e. The molecule has 2 aromatic heterocycles. The Morgan fingerprint density at radius 1 is 1.31 bits per heavy atom. The van der Waals surface area contributed by atoms with Gasteiger partial charge in [-0.1, -0.05) is 37.1 Å². The van der Waals surface area contributed by atoms with Crippen LogP contribution in [0.3, 0.4) is 0 Å². The number of hydrogen-bond donors (Lipinski definition) is 1. The van der Waals surface area contributed by atoms with Crippen molar-refractivity contribution in [1.29, 1.82) is 0 Å². The van der Waals surface area contributed by atoms with Crippen LogP contribution >= 0.6 is 11.6 Å². The summed E-state index contributed by atoms with van der Waals surface area (Å²) in [6.07, 6.45) is 7.63. The number of carbonyl (C=O) groups is 1. The number of nitrogens with one attached hydrogen (secondary N) is 1. The Morgan fingerprint density at radius 3 is 2.93 bits per heavy atom. The third kappa shape index (κ3) is 3.38. The van der Waals surface area contributed by atoms with E-state index in [0.29, 0.717) is 35.7 Å². The van der Waals surface area contributed by atoms with E-state index in [-0.39, 0.29) is 5.91 Å². The summed E-state index contributed by atoms with van der Waals surface area (Å²) < 4.78 is 7.90. The summed E-state index contributed by atoms with van der Waals surface area (Å²) in [6, 6.07) is 9.86. The minimum absolute atomic E-state index is 0.138. The highest BCUT2D eigenvalue weighted by atomic mass is 35.5. The van der Waals surface area contributed by atoms with Crippen LogP contribution in [0.5, 0.6) is 5.75 Å². The molecule has 0 spiro atoms. The number of imidazole rings is 1. The fourth-order valence-electron chi connectivity index (χ4n) is 4.33. The first-order chi connectivity index (χ1) is 14.1. The minimum atomic E-state index is -0.138. The normalized spacial score (nSPS) is 18.3. The van der Waals surface area contributed by atoms with Gasteiger partial charge in [-0.15, -0.1) is 0 Å². The largest absolute Gasteiger partial charge is 0.490 e.